The van der Waals surface area contributed by atoms with Crippen LogP contribution in [0.1, 0.15) is 26.3 Å². The van der Waals surface area contributed by atoms with Gasteiger partial charge < -0.3 is 0 Å². The fourth-order valence-corrected chi connectivity index (χ4v) is 3.03. The van der Waals surface area contributed by atoms with Gasteiger partial charge in [-0.3, -0.25) is 0 Å². The van der Waals surface area contributed by atoms with Crippen molar-refractivity contribution >= 4 is 33.1 Å². The van der Waals surface area contributed by atoms with E-state index < -0.39 is 5.00 Å². The number of hydrogen-bond acceptors (Lipinski definition) is 2. The summed E-state index contributed by atoms with van der Waals surface area (Å²) < 4.78 is 0. The molecular formula is C19H19ClN2. The molecule has 2 nitrogen and oxygen atoms in total. The summed E-state index contributed by atoms with van der Waals surface area (Å²) >= 11 is 6.80. The average molecular weight is 311 g/mol. The molecule has 0 saturated heterocycles. The molecule has 0 radical (unpaired) electrons. The highest BCUT2D eigenvalue weighted by atomic mass is 35.5. The van der Waals surface area contributed by atoms with Gasteiger partial charge in [-0.15, -0.1) is 0 Å². The number of nitrogens with zero attached hydrogens (tertiary/aromatic N) is 2. The molecule has 3 aromatic rings. The predicted octanol–water partition coefficient (Wildman–Crippen LogP) is 6.27. The number of rotatable bonds is 3. The summed E-state index contributed by atoms with van der Waals surface area (Å²) in [4.78, 5) is -0.884. The van der Waals surface area contributed by atoms with E-state index in [-0.39, 0.29) is 6.04 Å². The van der Waals surface area contributed by atoms with Gasteiger partial charge in [0.05, 0.1) is 6.04 Å². The molecule has 0 spiro atoms. The SMILES string of the molecule is CC(C)N=NC(C)(Cl)c1c2ccccc2cc2ccccc12. The molecular weight excluding hydrogens is 292 g/mol. The van der Waals surface area contributed by atoms with E-state index in [9.17, 15) is 0 Å². The minimum Gasteiger partial charge on any atom is -0.189 e. The van der Waals surface area contributed by atoms with Gasteiger partial charge in [0.15, 0.2) is 5.00 Å². The minimum atomic E-state index is -0.884. The third-order valence-electron chi connectivity index (χ3n) is 3.70. The van der Waals surface area contributed by atoms with Crippen LogP contribution in [0.25, 0.3) is 21.5 Å². The highest BCUT2D eigenvalue weighted by Crippen LogP contribution is 2.40. The van der Waals surface area contributed by atoms with E-state index in [4.69, 9.17) is 11.6 Å². The van der Waals surface area contributed by atoms with E-state index >= 15 is 0 Å². The Morgan fingerprint density at radius 3 is 1.91 bits per heavy atom. The molecule has 1 unspecified atom stereocenters. The quantitative estimate of drug-likeness (QED) is 0.236. The van der Waals surface area contributed by atoms with Crippen molar-refractivity contribution in [3.8, 4) is 0 Å². The Kier molecular flexibility index (Phi) is 3.88. The van der Waals surface area contributed by atoms with Crippen LogP contribution in [-0.2, 0) is 5.00 Å². The van der Waals surface area contributed by atoms with E-state index in [1.807, 2.05) is 45.0 Å². The van der Waals surface area contributed by atoms with Gasteiger partial charge in [-0.25, -0.2) is 0 Å². The van der Waals surface area contributed by atoms with Crippen LogP contribution >= 0.6 is 11.6 Å². The predicted molar refractivity (Wildman–Crippen MR) is 94.7 cm³/mol. The summed E-state index contributed by atoms with van der Waals surface area (Å²) in [5.41, 5.74) is 1.02. The molecule has 3 heteroatoms. The lowest BCUT2D eigenvalue weighted by Gasteiger charge is -2.21. The minimum absolute atomic E-state index is 0.124. The van der Waals surface area contributed by atoms with Crippen molar-refractivity contribution in [2.24, 2.45) is 10.2 Å². The zero-order valence-corrected chi connectivity index (χ0v) is 13.8. The van der Waals surface area contributed by atoms with Gasteiger partial charge in [-0.05, 0) is 48.4 Å². The van der Waals surface area contributed by atoms with Crippen LogP contribution in [0.15, 0.2) is 64.8 Å². The molecule has 112 valence electrons. The van der Waals surface area contributed by atoms with Gasteiger partial charge in [0.2, 0.25) is 0 Å². The van der Waals surface area contributed by atoms with Crippen LogP contribution in [0, 0.1) is 0 Å². The molecule has 3 rings (SSSR count). The molecule has 0 bridgehead atoms. The third-order valence-corrected chi connectivity index (χ3v) is 3.97. The zero-order chi connectivity index (χ0) is 15.7. The van der Waals surface area contributed by atoms with Crippen molar-refractivity contribution in [2.45, 2.75) is 31.8 Å². The molecule has 0 aromatic heterocycles. The van der Waals surface area contributed by atoms with Crippen LogP contribution in [0.3, 0.4) is 0 Å². The Bertz CT molecular complexity index is 796. The summed E-state index contributed by atoms with van der Waals surface area (Å²) in [6.45, 7) is 5.91. The molecule has 3 aromatic carbocycles. The van der Waals surface area contributed by atoms with Crippen molar-refractivity contribution in [3.05, 3.63) is 60.2 Å². The van der Waals surface area contributed by atoms with Gasteiger partial charge in [-0.2, -0.15) is 10.2 Å². The fourth-order valence-electron chi connectivity index (χ4n) is 2.78. The summed E-state index contributed by atoms with van der Waals surface area (Å²) in [7, 11) is 0. The van der Waals surface area contributed by atoms with Crippen LogP contribution in [0.5, 0.6) is 0 Å². The number of benzene rings is 3. The zero-order valence-electron chi connectivity index (χ0n) is 13.0. The number of halogens is 1. The third kappa shape index (κ3) is 2.71. The lowest BCUT2D eigenvalue weighted by Crippen LogP contribution is -2.12. The molecule has 0 saturated carbocycles. The summed E-state index contributed by atoms with van der Waals surface area (Å²) in [6.07, 6.45) is 0. The molecule has 0 N–H and O–H groups in total. The average Bonchev–Trinajstić information content (AvgIpc) is 2.50. The van der Waals surface area contributed by atoms with E-state index in [0.29, 0.717) is 0 Å². The Balaban J connectivity index is 2.37. The van der Waals surface area contributed by atoms with E-state index in [0.717, 1.165) is 16.3 Å². The first kappa shape index (κ1) is 15.0. The summed E-state index contributed by atoms with van der Waals surface area (Å²) in [5, 5.41) is 13.3. The second kappa shape index (κ2) is 5.69. The van der Waals surface area contributed by atoms with Gasteiger partial charge >= 0.3 is 0 Å². The van der Waals surface area contributed by atoms with Crippen molar-refractivity contribution in [1.82, 2.24) is 0 Å². The first-order chi connectivity index (χ1) is 10.5. The monoisotopic (exact) mass is 310 g/mol. The Labute approximate surface area is 135 Å². The molecule has 0 fully saturated rings. The van der Waals surface area contributed by atoms with Gasteiger partial charge in [-0.1, -0.05) is 60.1 Å². The maximum atomic E-state index is 6.80. The molecule has 22 heavy (non-hydrogen) atoms. The Morgan fingerprint density at radius 1 is 0.909 bits per heavy atom. The van der Waals surface area contributed by atoms with Crippen molar-refractivity contribution in [1.29, 1.82) is 0 Å². The van der Waals surface area contributed by atoms with Crippen LogP contribution in [0.2, 0.25) is 0 Å². The molecule has 1 atom stereocenters. The smallest absolute Gasteiger partial charge is 0.178 e. The van der Waals surface area contributed by atoms with Gasteiger partial charge in [0.25, 0.3) is 0 Å². The van der Waals surface area contributed by atoms with Crippen LogP contribution in [0.4, 0.5) is 0 Å². The molecule has 0 amide bonds. The number of fused-ring (bicyclic) bond motifs is 2. The van der Waals surface area contributed by atoms with E-state index in [1.165, 1.54) is 10.8 Å². The highest BCUT2D eigenvalue weighted by Gasteiger charge is 2.27. The van der Waals surface area contributed by atoms with E-state index in [1.54, 1.807) is 0 Å². The van der Waals surface area contributed by atoms with Gasteiger partial charge in [0, 0.05) is 5.56 Å². The lowest BCUT2D eigenvalue weighted by molar-refractivity contribution is 0.625. The van der Waals surface area contributed by atoms with Crippen molar-refractivity contribution in [3.63, 3.8) is 0 Å². The Morgan fingerprint density at radius 2 is 1.41 bits per heavy atom. The van der Waals surface area contributed by atoms with E-state index in [2.05, 4.69) is 40.6 Å². The lowest BCUT2D eigenvalue weighted by atomic mass is 9.93. The fraction of sp³-hybridized carbons (Fsp3) is 0.263. The van der Waals surface area contributed by atoms with Crippen molar-refractivity contribution < 1.29 is 0 Å². The van der Waals surface area contributed by atoms with Gasteiger partial charge in [0.1, 0.15) is 0 Å². The second-order valence-electron chi connectivity index (χ2n) is 5.96. The molecule has 0 heterocycles. The molecule has 0 aliphatic carbocycles. The normalized spacial score (nSPS) is 15.0. The molecule has 0 aliphatic rings. The number of azo groups is 1. The summed E-state index contributed by atoms with van der Waals surface area (Å²) in [6, 6.07) is 18.9. The van der Waals surface area contributed by atoms with Crippen LogP contribution in [-0.4, -0.2) is 6.04 Å². The van der Waals surface area contributed by atoms with Crippen molar-refractivity contribution in [2.75, 3.05) is 0 Å². The second-order valence-corrected chi connectivity index (χ2v) is 6.69. The highest BCUT2D eigenvalue weighted by molar-refractivity contribution is 6.26. The number of alkyl halides is 1. The van der Waals surface area contributed by atoms with Crippen LogP contribution < -0.4 is 0 Å². The molecule has 0 aliphatic heterocycles. The topological polar surface area (TPSA) is 24.7 Å². The summed E-state index contributed by atoms with van der Waals surface area (Å²) in [5.74, 6) is 0. The Hall–Kier alpha value is -1.93. The standard InChI is InChI=1S/C19H19ClN2/c1-13(2)21-22-19(3,20)18-16-10-6-4-8-14(16)12-15-9-5-7-11-17(15)18/h4-13H,1-3H3. The maximum absolute atomic E-state index is 6.80. The first-order valence-electron chi connectivity index (χ1n) is 7.51. The first-order valence-corrected chi connectivity index (χ1v) is 7.89. The maximum Gasteiger partial charge on any atom is 0.178 e. The largest absolute Gasteiger partial charge is 0.189 e. The number of hydrogen-bond donors (Lipinski definition) is 0.